The first kappa shape index (κ1) is 11.2. The summed E-state index contributed by atoms with van der Waals surface area (Å²) in [4.78, 5) is 11.5. The van der Waals surface area contributed by atoms with Gasteiger partial charge in [-0.2, -0.15) is 9.78 Å². The van der Waals surface area contributed by atoms with Crippen molar-refractivity contribution in [3.05, 3.63) is 35.9 Å². The lowest BCUT2D eigenvalue weighted by atomic mass is 10.1. The van der Waals surface area contributed by atoms with Gasteiger partial charge in [-0.15, -0.1) is 0 Å². The lowest BCUT2D eigenvalue weighted by molar-refractivity contribution is 0.242. The molecule has 1 aromatic carbocycles. The van der Waals surface area contributed by atoms with E-state index in [0.717, 1.165) is 16.8 Å². The van der Waals surface area contributed by atoms with E-state index >= 15 is 0 Å². The van der Waals surface area contributed by atoms with Gasteiger partial charge in [-0.3, -0.25) is 0 Å². The second-order valence-electron chi connectivity index (χ2n) is 3.69. The number of hydrogen-bond acceptors (Lipinski definition) is 3. The van der Waals surface area contributed by atoms with Crippen LogP contribution in [0.5, 0.6) is 0 Å². The Morgan fingerprint density at radius 1 is 1.35 bits per heavy atom. The average Bonchev–Trinajstić information content (AvgIpc) is 2.67. The Hall–Kier alpha value is -2.30. The number of anilines is 1. The number of rotatable bonds is 1. The quantitative estimate of drug-likeness (QED) is 0.782. The van der Waals surface area contributed by atoms with Gasteiger partial charge in [-0.1, -0.05) is 30.3 Å². The summed E-state index contributed by atoms with van der Waals surface area (Å²) in [5.74, 6) is 0.364. The van der Waals surface area contributed by atoms with Crippen molar-refractivity contribution in [2.75, 3.05) is 12.8 Å². The van der Waals surface area contributed by atoms with E-state index in [1.165, 1.54) is 4.68 Å². The molecule has 0 fully saturated rings. The normalized spacial score (nSPS) is 10.2. The summed E-state index contributed by atoms with van der Waals surface area (Å²) in [6.07, 6.45) is 0. The number of amides is 1. The average molecular weight is 230 g/mol. The fourth-order valence-electron chi connectivity index (χ4n) is 1.64. The van der Waals surface area contributed by atoms with E-state index in [1.54, 1.807) is 7.05 Å². The Bertz CT molecular complexity index is 545. The van der Waals surface area contributed by atoms with Gasteiger partial charge in [0.1, 0.15) is 5.82 Å². The van der Waals surface area contributed by atoms with Crippen LogP contribution in [0.2, 0.25) is 0 Å². The topological polar surface area (TPSA) is 72.9 Å². The highest BCUT2D eigenvalue weighted by Gasteiger charge is 2.16. The molecule has 2 rings (SSSR count). The molecule has 3 N–H and O–H groups in total. The van der Waals surface area contributed by atoms with Crippen molar-refractivity contribution in [3.63, 3.8) is 0 Å². The van der Waals surface area contributed by atoms with Gasteiger partial charge in [0.05, 0.1) is 5.69 Å². The zero-order valence-electron chi connectivity index (χ0n) is 9.77. The maximum Gasteiger partial charge on any atom is 0.343 e. The third kappa shape index (κ3) is 1.87. The van der Waals surface area contributed by atoms with Gasteiger partial charge in [0.25, 0.3) is 0 Å². The van der Waals surface area contributed by atoms with Gasteiger partial charge >= 0.3 is 6.03 Å². The van der Waals surface area contributed by atoms with Gasteiger partial charge in [-0.05, 0) is 6.92 Å². The molecule has 0 saturated heterocycles. The molecule has 0 spiro atoms. The van der Waals surface area contributed by atoms with Crippen LogP contribution in [-0.2, 0) is 0 Å². The van der Waals surface area contributed by atoms with Crippen molar-refractivity contribution in [3.8, 4) is 11.3 Å². The number of nitrogens with zero attached hydrogens (tertiary/aromatic N) is 2. The number of hydrogen-bond donors (Lipinski definition) is 2. The van der Waals surface area contributed by atoms with E-state index in [-0.39, 0.29) is 6.03 Å². The molecule has 1 heterocycles. The summed E-state index contributed by atoms with van der Waals surface area (Å²) in [5.41, 5.74) is 8.33. The number of carbonyl (C=O) groups is 1. The van der Waals surface area contributed by atoms with Crippen molar-refractivity contribution in [2.24, 2.45) is 0 Å². The maximum atomic E-state index is 11.5. The Morgan fingerprint density at radius 3 is 2.59 bits per heavy atom. The lowest BCUT2D eigenvalue weighted by Crippen LogP contribution is -2.26. The molecule has 0 saturated carbocycles. The summed E-state index contributed by atoms with van der Waals surface area (Å²) in [7, 11) is 1.54. The number of nitrogens with two attached hydrogens (primary N) is 1. The monoisotopic (exact) mass is 230 g/mol. The first-order valence-electron chi connectivity index (χ1n) is 5.27. The number of aromatic nitrogens is 2. The predicted molar refractivity (Wildman–Crippen MR) is 66.7 cm³/mol. The zero-order valence-corrected chi connectivity index (χ0v) is 9.77. The van der Waals surface area contributed by atoms with Crippen LogP contribution in [0.3, 0.4) is 0 Å². The second kappa shape index (κ2) is 4.29. The molecule has 17 heavy (non-hydrogen) atoms. The van der Waals surface area contributed by atoms with Crippen LogP contribution < -0.4 is 11.1 Å². The van der Waals surface area contributed by atoms with E-state index in [4.69, 9.17) is 5.73 Å². The number of benzene rings is 1. The molecule has 5 heteroatoms. The molecule has 0 aliphatic carbocycles. The molecule has 0 atom stereocenters. The first-order valence-corrected chi connectivity index (χ1v) is 5.27. The third-order valence-electron chi connectivity index (χ3n) is 2.62. The third-order valence-corrected chi connectivity index (χ3v) is 2.62. The molecule has 2 aromatic rings. The minimum Gasteiger partial charge on any atom is -0.383 e. The lowest BCUT2D eigenvalue weighted by Gasteiger charge is -2.00. The van der Waals surface area contributed by atoms with Crippen molar-refractivity contribution in [1.82, 2.24) is 15.1 Å². The van der Waals surface area contributed by atoms with Gasteiger partial charge in [-0.25, -0.2) is 4.79 Å². The van der Waals surface area contributed by atoms with E-state index in [9.17, 15) is 4.79 Å². The molecule has 0 aliphatic heterocycles. The Labute approximate surface area is 99.2 Å². The Morgan fingerprint density at radius 2 is 2.00 bits per heavy atom. The van der Waals surface area contributed by atoms with Crippen molar-refractivity contribution >= 4 is 11.8 Å². The zero-order chi connectivity index (χ0) is 12.4. The molecular weight excluding hydrogens is 216 g/mol. The molecule has 1 amide bonds. The molecule has 0 aliphatic rings. The van der Waals surface area contributed by atoms with Crippen LogP contribution in [0.15, 0.2) is 30.3 Å². The number of nitrogens with one attached hydrogen (secondary N) is 1. The number of nitrogen functional groups attached to an aromatic ring is 1. The van der Waals surface area contributed by atoms with Gasteiger partial charge in [0, 0.05) is 18.2 Å². The maximum absolute atomic E-state index is 11.5. The highest BCUT2D eigenvalue weighted by molar-refractivity contribution is 5.82. The fraction of sp³-hybridized carbons (Fsp3) is 0.167. The van der Waals surface area contributed by atoms with E-state index in [1.807, 2.05) is 37.3 Å². The fourth-order valence-corrected chi connectivity index (χ4v) is 1.64. The Balaban J connectivity index is 2.54. The smallest absolute Gasteiger partial charge is 0.343 e. The molecule has 0 unspecified atom stereocenters. The van der Waals surface area contributed by atoms with Crippen molar-refractivity contribution < 1.29 is 4.79 Å². The van der Waals surface area contributed by atoms with E-state index in [2.05, 4.69) is 10.4 Å². The molecular formula is C12H14N4O. The minimum atomic E-state index is -0.340. The summed E-state index contributed by atoms with van der Waals surface area (Å²) in [5, 5.41) is 6.73. The van der Waals surface area contributed by atoms with Gasteiger partial charge in [0.2, 0.25) is 0 Å². The van der Waals surface area contributed by atoms with Crippen LogP contribution in [0.4, 0.5) is 10.6 Å². The molecule has 1 aromatic heterocycles. The summed E-state index contributed by atoms with van der Waals surface area (Å²) in [6.45, 7) is 1.85. The molecule has 5 nitrogen and oxygen atoms in total. The SMILES string of the molecule is CNC(=O)n1nc(-c2ccccc2)c(C)c1N. The van der Waals surface area contributed by atoms with Crippen LogP contribution in [-0.4, -0.2) is 22.9 Å². The summed E-state index contributed by atoms with van der Waals surface area (Å²) >= 11 is 0. The molecule has 0 bridgehead atoms. The standard InChI is InChI=1S/C12H14N4O/c1-8-10(9-6-4-3-5-7-9)15-16(11(8)13)12(17)14-2/h3-7H,13H2,1-2H3,(H,14,17). The van der Waals surface area contributed by atoms with E-state index in [0.29, 0.717) is 5.82 Å². The van der Waals surface area contributed by atoms with Crippen LogP contribution in [0.25, 0.3) is 11.3 Å². The van der Waals surface area contributed by atoms with Crippen molar-refractivity contribution in [1.29, 1.82) is 0 Å². The summed E-state index contributed by atoms with van der Waals surface area (Å²) < 4.78 is 1.18. The minimum absolute atomic E-state index is 0.340. The Kier molecular flexibility index (Phi) is 2.82. The van der Waals surface area contributed by atoms with Crippen LogP contribution in [0, 0.1) is 6.92 Å². The highest BCUT2D eigenvalue weighted by Crippen LogP contribution is 2.25. The summed E-state index contributed by atoms with van der Waals surface area (Å²) in [6, 6.07) is 9.30. The van der Waals surface area contributed by atoms with Gasteiger partial charge in [0.15, 0.2) is 0 Å². The predicted octanol–water partition coefficient (Wildman–Crippen LogP) is 1.63. The largest absolute Gasteiger partial charge is 0.383 e. The second-order valence-corrected chi connectivity index (χ2v) is 3.69. The number of carbonyl (C=O) groups excluding carboxylic acids is 1. The van der Waals surface area contributed by atoms with Gasteiger partial charge < -0.3 is 11.1 Å². The van der Waals surface area contributed by atoms with Crippen molar-refractivity contribution in [2.45, 2.75) is 6.92 Å². The van der Waals surface area contributed by atoms with E-state index < -0.39 is 0 Å². The van der Waals surface area contributed by atoms with Crippen LogP contribution in [0.1, 0.15) is 5.56 Å². The molecule has 0 radical (unpaired) electrons. The first-order chi connectivity index (χ1) is 8.15. The molecule has 88 valence electrons. The van der Waals surface area contributed by atoms with Crippen LogP contribution >= 0.6 is 0 Å². The highest BCUT2D eigenvalue weighted by atomic mass is 16.2.